The monoisotopic (exact) mass is 930 g/mol. The molecule has 0 aliphatic carbocycles. The molecule has 3 aromatic rings. The van der Waals surface area contributed by atoms with Gasteiger partial charge in [-0.25, -0.2) is 0 Å². The SMILES string of the molecule is CCCC[C@H](NC(C)=O)C(=O)N[C@@H](C)C(=O)N[C@@H](CCCCN)C(=O)N[C@H](Cc1ccccc1)C(=O)C[C@@H](CCCN=C(N)N)C(=O)N[C@@H](C)C(=O)C[C@@H](Cc1c[nH]c2ccccc12)C(N)=O. The van der Waals surface area contributed by atoms with Gasteiger partial charge in [-0.15, -0.1) is 0 Å². The highest BCUT2D eigenvalue weighted by molar-refractivity contribution is 5.98. The number of ketones is 2. The molecule has 7 atom stereocenters. The number of para-hydroxylation sites is 1. The minimum absolute atomic E-state index is 0.0474. The fraction of sp³-hybridized carbons (Fsp3) is 0.521. The average molecular weight is 930 g/mol. The van der Waals surface area contributed by atoms with Crippen LogP contribution in [0.1, 0.15) is 103 Å². The van der Waals surface area contributed by atoms with Crippen LogP contribution in [-0.4, -0.2) is 101 Å². The standard InChI is InChI=1S/C48H71N11O8/c1-5-6-19-38(57-31(4)60)46(66)56-30(3)44(64)58-39(21-12-13-22-49)47(67)59-40(24-32-15-8-7-9-16-32)42(62)26-33(17-14-23-53-48(51)52)45(65)55-29(2)41(61)27-34(43(50)63)25-35-28-54-37-20-11-10-18-36(35)37/h7-11,15-16,18,20,28-30,33-34,38-40,54H,5-6,12-14,17,19,21-27,49H2,1-4H3,(H2,50,63)(H,55,65)(H,56,66)(H,57,60)(H,58,64)(H,59,67)(H4,51,52,53)/t29-,30-,33+,34+,38-,39-,40+/m0/s1. The van der Waals surface area contributed by atoms with Crippen molar-refractivity contribution in [2.24, 2.45) is 39.8 Å². The van der Waals surface area contributed by atoms with Crippen LogP contribution in [0.25, 0.3) is 10.9 Å². The van der Waals surface area contributed by atoms with Gasteiger partial charge in [0, 0.05) is 55.2 Å². The molecular weight excluding hydrogens is 859 g/mol. The Bertz CT molecular complexity index is 2160. The van der Waals surface area contributed by atoms with E-state index in [2.05, 4.69) is 36.6 Å². The molecule has 0 saturated carbocycles. The van der Waals surface area contributed by atoms with E-state index in [9.17, 15) is 38.4 Å². The van der Waals surface area contributed by atoms with Gasteiger partial charge in [0.1, 0.15) is 18.1 Å². The van der Waals surface area contributed by atoms with Crippen molar-refractivity contribution in [3.8, 4) is 0 Å². The van der Waals surface area contributed by atoms with Crippen molar-refractivity contribution in [1.29, 1.82) is 0 Å². The van der Waals surface area contributed by atoms with E-state index in [0.717, 1.165) is 22.9 Å². The molecule has 0 aliphatic rings. The summed E-state index contributed by atoms with van der Waals surface area (Å²) in [6.45, 7) is 6.70. The van der Waals surface area contributed by atoms with Gasteiger partial charge in [-0.05, 0) is 89.0 Å². The molecule has 0 unspecified atom stereocenters. The van der Waals surface area contributed by atoms with Crippen molar-refractivity contribution in [2.45, 2.75) is 135 Å². The normalized spacial score (nSPS) is 14.2. The quantitative estimate of drug-likeness (QED) is 0.0250. The molecule has 3 rings (SSSR count). The van der Waals surface area contributed by atoms with E-state index in [1.807, 2.05) is 31.2 Å². The Labute approximate surface area is 392 Å². The largest absolute Gasteiger partial charge is 0.370 e. The third-order valence-corrected chi connectivity index (χ3v) is 11.5. The Kier molecular flexibility index (Phi) is 23.2. The van der Waals surface area contributed by atoms with Gasteiger partial charge < -0.3 is 54.5 Å². The van der Waals surface area contributed by atoms with E-state index in [-0.39, 0.29) is 51.0 Å². The molecule has 14 N–H and O–H groups in total. The van der Waals surface area contributed by atoms with E-state index < -0.39 is 89.1 Å². The highest BCUT2D eigenvalue weighted by atomic mass is 16.2. The van der Waals surface area contributed by atoms with E-state index in [0.29, 0.717) is 44.2 Å². The lowest BCUT2D eigenvalue weighted by Gasteiger charge is -2.26. The van der Waals surface area contributed by atoms with Crippen LogP contribution in [0.2, 0.25) is 0 Å². The van der Waals surface area contributed by atoms with Crippen LogP contribution in [0.5, 0.6) is 0 Å². The summed E-state index contributed by atoms with van der Waals surface area (Å²) in [5.74, 6) is -6.45. The third kappa shape index (κ3) is 19.0. The summed E-state index contributed by atoms with van der Waals surface area (Å²) in [5.41, 5.74) is 25.0. The first kappa shape index (κ1) is 54.7. The lowest BCUT2D eigenvalue weighted by atomic mass is 9.89. The summed E-state index contributed by atoms with van der Waals surface area (Å²) in [6, 6.07) is 11.2. The number of nitrogens with one attached hydrogen (secondary N) is 6. The number of nitrogens with zero attached hydrogens (tertiary/aromatic N) is 1. The number of aromatic nitrogens is 1. The number of rotatable bonds is 31. The van der Waals surface area contributed by atoms with Crippen LogP contribution >= 0.6 is 0 Å². The fourth-order valence-corrected chi connectivity index (χ4v) is 7.66. The highest BCUT2D eigenvalue weighted by Crippen LogP contribution is 2.23. The molecule has 366 valence electrons. The molecule has 0 saturated heterocycles. The minimum atomic E-state index is -1.16. The number of amides is 6. The number of guanidine groups is 1. The van der Waals surface area contributed by atoms with Crippen molar-refractivity contribution >= 4 is 63.9 Å². The molecule has 67 heavy (non-hydrogen) atoms. The number of primary amides is 1. The van der Waals surface area contributed by atoms with Crippen LogP contribution in [-0.2, 0) is 51.2 Å². The Morgan fingerprint density at radius 1 is 0.627 bits per heavy atom. The molecule has 1 aromatic heterocycles. The van der Waals surface area contributed by atoms with Crippen LogP contribution < -0.4 is 49.5 Å². The summed E-state index contributed by atoms with van der Waals surface area (Å²) >= 11 is 0. The second-order valence-corrected chi connectivity index (χ2v) is 17.1. The van der Waals surface area contributed by atoms with E-state index in [4.69, 9.17) is 22.9 Å². The number of aromatic amines is 1. The molecule has 19 nitrogen and oxygen atoms in total. The smallest absolute Gasteiger partial charge is 0.243 e. The summed E-state index contributed by atoms with van der Waals surface area (Å²) in [6.07, 6.45) is 4.84. The number of aliphatic imine (C=N–C) groups is 1. The number of nitrogens with two attached hydrogens (primary N) is 4. The fourth-order valence-electron chi connectivity index (χ4n) is 7.66. The lowest BCUT2D eigenvalue weighted by Crippen LogP contribution is -2.57. The number of fused-ring (bicyclic) bond motifs is 1. The number of benzene rings is 2. The van der Waals surface area contributed by atoms with Gasteiger partial charge in [0.2, 0.25) is 35.4 Å². The number of unbranched alkanes of at least 4 members (excludes halogenated alkanes) is 2. The number of hydrogen-bond donors (Lipinski definition) is 10. The van der Waals surface area contributed by atoms with Gasteiger partial charge >= 0.3 is 0 Å². The second kappa shape index (κ2) is 28.4. The first-order valence-corrected chi connectivity index (χ1v) is 23.1. The first-order valence-electron chi connectivity index (χ1n) is 23.1. The van der Waals surface area contributed by atoms with Gasteiger partial charge in [0.25, 0.3) is 0 Å². The van der Waals surface area contributed by atoms with Crippen LogP contribution in [0.3, 0.4) is 0 Å². The molecule has 0 fully saturated rings. The van der Waals surface area contributed by atoms with Crippen molar-refractivity contribution < 1.29 is 38.4 Å². The van der Waals surface area contributed by atoms with E-state index in [1.165, 1.54) is 20.8 Å². The topological polar surface area (TPSA) is 329 Å². The van der Waals surface area contributed by atoms with Crippen LogP contribution in [0.15, 0.2) is 65.8 Å². The molecular formula is C48H71N11O8. The number of carbonyl (C=O) groups is 8. The number of Topliss-reactive ketones (excluding diaryl/α,β-unsaturated/α-hetero) is 2. The van der Waals surface area contributed by atoms with Gasteiger partial charge in [0.05, 0.1) is 12.1 Å². The van der Waals surface area contributed by atoms with Crippen molar-refractivity contribution in [3.63, 3.8) is 0 Å². The molecule has 0 radical (unpaired) electrons. The zero-order valence-electron chi connectivity index (χ0n) is 39.2. The Balaban J connectivity index is 1.82. The maximum atomic E-state index is 14.4. The van der Waals surface area contributed by atoms with Crippen LogP contribution in [0, 0.1) is 11.8 Å². The Hall–Kier alpha value is -6.63. The van der Waals surface area contributed by atoms with Crippen molar-refractivity contribution in [3.05, 3.63) is 71.9 Å². The summed E-state index contributed by atoms with van der Waals surface area (Å²) < 4.78 is 0. The van der Waals surface area contributed by atoms with Gasteiger partial charge in [-0.2, -0.15) is 0 Å². The molecule has 0 spiro atoms. The summed E-state index contributed by atoms with van der Waals surface area (Å²) in [4.78, 5) is 114. The molecule has 0 bridgehead atoms. The van der Waals surface area contributed by atoms with Crippen molar-refractivity contribution in [1.82, 2.24) is 31.6 Å². The maximum Gasteiger partial charge on any atom is 0.243 e. The number of carbonyl (C=O) groups excluding carboxylic acids is 8. The number of H-pyrrole nitrogens is 1. The third-order valence-electron chi connectivity index (χ3n) is 11.5. The van der Waals surface area contributed by atoms with Crippen molar-refractivity contribution in [2.75, 3.05) is 13.1 Å². The molecule has 6 amide bonds. The highest BCUT2D eigenvalue weighted by Gasteiger charge is 2.33. The average Bonchev–Trinajstić information content (AvgIpc) is 3.70. The van der Waals surface area contributed by atoms with Gasteiger partial charge in [-0.3, -0.25) is 43.3 Å². The predicted molar refractivity (Wildman–Crippen MR) is 257 cm³/mol. The van der Waals surface area contributed by atoms with Gasteiger partial charge in [0.15, 0.2) is 17.5 Å². The van der Waals surface area contributed by atoms with Gasteiger partial charge in [-0.1, -0.05) is 68.3 Å². The minimum Gasteiger partial charge on any atom is -0.370 e. The molecule has 1 heterocycles. The molecule has 2 aromatic carbocycles. The summed E-state index contributed by atoms with van der Waals surface area (Å²) in [7, 11) is 0. The summed E-state index contributed by atoms with van der Waals surface area (Å²) in [5, 5.41) is 14.4. The zero-order chi connectivity index (χ0) is 49.5. The molecule has 19 heteroatoms. The maximum absolute atomic E-state index is 14.4. The Morgan fingerprint density at radius 3 is 1.90 bits per heavy atom. The predicted octanol–water partition coefficient (Wildman–Crippen LogP) is 1.45. The van der Waals surface area contributed by atoms with E-state index >= 15 is 0 Å². The van der Waals surface area contributed by atoms with Crippen LogP contribution in [0.4, 0.5) is 0 Å². The Morgan fingerprint density at radius 2 is 1.24 bits per heavy atom. The second-order valence-electron chi connectivity index (χ2n) is 17.1. The first-order chi connectivity index (χ1) is 31.9. The number of hydrogen-bond acceptors (Lipinski definition) is 10. The lowest BCUT2D eigenvalue weighted by molar-refractivity contribution is -0.135. The molecule has 0 aliphatic heterocycles. The van der Waals surface area contributed by atoms with E-state index in [1.54, 1.807) is 36.5 Å². The zero-order valence-corrected chi connectivity index (χ0v) is 39.2.